The van der Waals surface area contributed by atoms with Gasteiger partial charge in [-0.15, -0.1) is 11.3 Å². The predicted octanol–water partition coefficient (Wildman–Crippen LogP) is 5.68. The van der Waals surface area contributed by atoms with E-state index in [0.717, 1.165) is 11.3 Å². The molecule has 0 unspecified atom stereocenters. The Morgan fingerprint density at radius 1 is 1.05 bits per heavy atom. The third kappa shape index (κ3) is 2.03. The van der Waals surface area contributed by atoms with Crippen molar-refractivity contribution in [1.82, 2.24) is 4.98 Å². The van der Waals surface area contributed by atoms with Gasteiger partial charge in [-0.25, -0.2) is 0 Å². The van der Waals surface area contributed by atoms with Gasteiger partial charge in [-0.3, -0.25) is 4.98 Å². The van der Waals surface area contributed by atoms with Crippen molar-refractivity contribution in [1.29, 1.82) is 0 Å². The molecule has 0 atom stereocenters. The summed E-state index contributed by atoms with van der Waals surface area (Å²) in [5.74, 6) is 0. The molecule has 1 nitrogen and oxygen atoms in total. The third-order valence-electron chi connectivity index (χ3n) is 3.73. The van der Waals surface area contributed by atoms with E-state index in [9.17, 15) is 0 Å². The smallest absolute Gasteiger partial charge is 0.0719 e. The highest BCUT2D eigenvalue weighted by molar-refractivity contribution is 7.26. The van der Waals surface area contributed by atoms with Crippen LogP contribution < -0.4 is 0 Å². The lowest BCUT2D eigenvalue weighted by molar-refractivity contribution is 1.12. The first-order valence-electron chi connectivity index (χ1n) is 7.91. The van der Waals surface area contributed by atoms with Gasteiger partial charge in [0.05, 0.1) is 5.69 Å². The molecule has 0 aliphatic rings. The molecule has 0 radical (unpaired) electrons. The van der Waals surface area contributed by atoms with E-state index in [1.807, 2.05) is 12.1 Å². The summed E-state index contributed by atoms with van der Waals surface area (Å²) in [5, 5.41) is 2.49. The monoisotopic (exact) mass is 291 g/mol. The molecule has 2 heteroatoms. The van der Waals surface area contributed by atoms with Gasteiger partial charge in [-0.2, -0.15) is 0 Å². The second-order valence-electron chi connectivity index (χ2n) is 4.96. The quantitative estimate of drug-likeness (QED) is 0.463. The van der Waals surface area contributed by atoms with Crippen LogP contribution in [0, 0.1) is 0 Å². The molecule has 0 aliphatic carbocycles. The molecule has 0 fully saturated rings. The Morgan fingerprint density at radius 3 is 2.81 bits per heavy atom. The van der Waals surface area contributed by atoms with E-state index in [-0.39, 0.29) is 0 Å². The van der Waals surface area contributed by atoms with Crippen molar-refractivity contribution in [2.75, 3.05) is 0 Å². The molecule has 2 heterocycles. The van der Waals surface area contributed by atoms with Gasteiger partial charge in [-0.1, -0.05) is 43.3 Å². The van der Waals surface area contributed by atoms with Crippen LogP contribution in [0.4, 0.5) is 0 Å². The molecule has 0 saturated carbocycles. The number of aryl methyl sites for hydroxylation is 1. The number of hydrogen-bond donors (Lipinski definition) is 0. The highest BCUT2D eigenvalue weighted by Crippen LogP contribution is 2.39. The fourth-order valence-corrected chi connectivity index (χ4v) is 3.91. The van der Waals surface area contributed by atoms with Crippen LogP contribution in [0.1, 0.15) is 15.2 Å². The normalized spacial score (nSPS) is 13.4. The standard InChI is InChI=1S/C19H15NS/c1-2-13-10-11-20-17(12-13)16-8-5-7-15-14-6-3-4-9-18(14)21-19(15)16/h3-12H,2H2,1H3/i2D2. The minimum atomic E-state index is -1.37. The van der Waals surface area contributed by atoms with Crippen LogP contribution in [0.5, 0.6) is 0 Å². The van der Waals surface area contributed by atoms with Gasteiger partial charge >= 0.3 is 0 Å². The Balaban J connectivity index is 1.99. The van der Waals surface area contributed by atoms with Crippen LogP contribution >= 0.6 is 11.3 Å². The fourth-order valence-electron chi connectivity index (χ4n) is 2.68. The van der Waals surface area contributed by atoms with Gasteiger partial charge in [0, 0.05) is 34.7 Å². The second-order valence-corrected chi connectivity index (χ2v) is 6.01. The molecule has 102 valence electrons. The molecule has 0 bridgehead atoms. The summed E-state index contributed by atoms with van der Waals surface area (Å²) in [6.07, 6.45) is 0.323. The third-order valence-corrected chi connectivity index (χ3v) is 4.95. The largest absolute Gasteiger partial charge is 0.256 e. The molecule has 0 N–H and O–H groups in total. The van der Waals surface area contributed by atoms with Gasteiger partial charge < -0.3 is 0 Å². The predicted molar refractivity (Wildman–Crippen MR) is 91.9 cm³/mol. The number of aromatic nitrogens is 1. The summed E-state index contributed by atoms with van der Waals surface area (Å²) in [6, 6.07) is 18.3. The first-order chi connectivity index (χ1) is 11.0. The average Bonchev–Trinajstić information content (AvgIpc) is 2.93. The van der Waals surface area contributed by atoms with Crippen LogP contribution in [0.2, 0.25) is 0 Å². The fraction of sp³-hybridized carbons (Fsp3) is 0.105. The van der Waals surface area contributed by atoms with Crippen LogP contribution in [0.25, 0.3) is 31.4 Å². The van der Waals surface area contributed by atoms with Crippen LogP contribution in [-0.4, -0.2) is 4.98 Å². The van der Waals surface area contributed by atoms with E-state index >= 15 is 0 Å². The maximum atomic E-state index is 7.92. The van der Waals surface area contributed by atoms with Gasteiger partial charge in [0.2, 0.25) is 0 Å². The molecule has 4 aromatic rings. The molecule has 0 spiro atoms. The number of nitrogens with zero attached hydrogens (tertiary/aromatic N) is 1. The molecule has 0 amide bonds. The molecular formula is C19H15NS. The Morgan fingerprint density at radius 2 is 1.90 bits per heavy atom. The van der Waals surface area contributed by atoms with Crippen molar-refractivity contribution in [3.05, 3.63) is 66.4 Å². The minimum absolute atomic E-state index is 0.653. The van der Waals surface area contributed by atoms with Crippen LogP contribution in [0.15, 0.2) is 60.8 Å². The lowest BCUT2D eigenvalue weighted by Crippen LogP contribution is -1.87. The zero-order valence-electron chi connectivity index (χ0n) is 13.6. The Bertz CT molecular complexity index is 1010. The second kappa shape index (κ2) is 4.97. The van der Waals surface area contributed by atoms with E-state index in [1.165, 1.54) is 20.2 Å². The first kappa shape index (κ1) is 10.5. The summed E-state index contributed by atoms with van der Waals surface area (Å²) in [4.78, 5) is 4.48. The average molecular weight is 291 g/mol. The van der Waals surface area contributed by atoms with Crippen LogP contribution in [0.3, 0.4) is 0 Å². The van der Waals surface area contributed by atoms with Crippen LogP contribution in [-0.2, 0) is 6.37 Å². The highest BCUT2D eigenvalue weighted by Gasteiger charge is 2.10. The molecule has 4 rings (SSSR count). The summed E-state index contributed by atoms with van der Waals surface area (Å²) in [6.45, 7) is 1.58. The number of rotatable bonds is 2. The Labute approximate surface area is 130 Å². The molecule has 2 aromatic carbocycles. The van der Waals surface area contributed by atoms with E-state index in [1.54, 1.807) is 30.5 Å². The molecule has 2 aromatic heterocycles. The first-order valence-corrected chi connectivity index (χ1v) is 7.73. The van der Waals surface area contributed by atoms with Gasteiger partial charge in [0.25, 0.3) is 0 Å². The summed E-state index contributed by atoms with van der Waals surface area (Å²) < 4.78 is 18.3. The van der Waals surface area contributed by atoms with E-state index in [2.05, 4.69) is 41.4 Å². The van der Waals surface area contributed by atoms with E-state index in [4.69, 9.17) is 2.74 Å². The zero-order chi connectivity index (χ0) is 16.0. The lowest BCUT2D eigenvalue weighted by atomic mass is 10.0. The van der Waals surface area contributed by atoms with Crippen molar-refractivity contribution < 1.29 is 2.74 Å². The topological polar surface area (TPSA) is 12.9 Å². The summed E-state index contributed by atoms with van der Waals surface area (Å²) >= 11 is 1.76. The van der Waals surface area contributed by atoms with E-state index < -0.39 is 6.37 Å². The van der Waals surface area contributed by atoms with Crippen molar-refractivity contribution >= 4 is 31.5 Å². The maximum Gasteiger partial charge on any atom is 0.0719 e. The van der Waals surface area contributed by atoms with Crippen molar-refractivity contribution in [3.8, 4) is 11.3 Å². The summed E-state index contributed by atoms with van der Waals surface area (Å²) in [5.41, 5.74) is 2.54. The molecule has 0 aliphatic heterocycles. The highest BCUT2D eigenvalue weighted by atomic mass is 32.1. The van der Waals surface area contributed by atoms with Gasteiger partial charge in [0.15, 0.2) is 0 Å². The van der Waals surface area contributed by atoms with E-state index in [0.29, 0.717) is 5.56 Å². The number of pyridine rings is 1. The Hall–Kier alpha value is -2.19. The SMILES string of the molecule is [2H]C([2H])(C)c1ccnc(-c2cccc3c2sc2ccccc23)c1. The van der Waals surface area contributed by atoms with Gasteiger partial charge in [-0.05, 0) is 30.1 Å². The number of fused-ring (bicyclic) bond motifs is 3. The van der Waals surface area contributed by atoms with Crippen molar-refractivity contribution in [3.63, 3.8) is 0 Å². The molecule has 21 heavy (non-hydrogen) atoms. The zero-order valence-corrected chi connectivity index (χ0v) is 12.4. The van der Waals surface area contributed by atoms with Crippen molar-refractivity contribution in [2.45, 2.75) is 13.3 Å². The number of hydrogen-bond acceptors (Lipinski definition) is 2. The Kier molecular flexibility index (Phi) is 2.49. The number of benzene rings is 2. The number of thiophene rings is 1. The van der Waals surface area contributed by atoms with Gasteiger partial charge in [0.1, 0.15) is 0 Å². The summed E-state index contributed by atoms with van der Waals surface area (Å²) in [7, 11) is 0. The van der Waals surface area contributed by atoms with Crippen molar-refractivity contribution in [2.24, 2.45) is 0 Å². The lowest BCUT2D eigenvalue weighted by Gasteiger charge is -2.04. The minimum Gasteiger partial charge on any atom is -0.256 e. The maximum absolute atomic E-state index is 7.92. The molecular weight excluding hydrogens is 274 g/mol. The molecule has 0 saturated heterocycles.